The molecule has 0 saturated carbocycles. The number of amides is 1. The summed E-state index contributed by atoms with van der Waals surface area (Å²) in [5.74, 6) is 1.67. The van der Waals surface area contributed by atoms with Gasteiger partial charge in [-0.1, -0.05) is 41.0 Å². The fourth-order valence-corrected chi connectivity index (χ4v) is 3.98. The van der Waals surface area contributed by atoms with E-state index in [1.54, 1.807) is 14.0 Å². The van der Waals surface area contributed by atoms with E-state index in [-0.39, 0.29) is 12.5 Å². The van der Waals surface area contributed by atoms with Crippen LogP contribution in [0.25, 0.3) is 0 Å². The van der Waals surface area contributed by atoms with Crippen molar-refractivity contribution in [3.05, 3.63) is 76.1 Å². The lowest BCUT2D eigenvalue weighted by atomic mass is 10.1. The van der Waals surface area contributed by atoms with E-state index in [4.69, 9.17) is 25.6 Å². The van der Waals surface area contributed by atoms with Crippen LogP contribution in [0, 0.1) is 6.92 Å². The lowest BCUT2D eigenvalue weighted by Gasteiger charge is -2.34. The van der Waals surface area contributed by atoms with Gasteiger partial charge in [-0.3, -0.25) is 9.69 Å². The first-order valence-electron chi connectivity index (χ1n) is 10.5. The number of aryl methyl sites for hydroxylation is 1. The molecule has 1 aromatic heterocycles. The molecule has 0 unspecified atom stereocenters. The number of nitrogens with zero attached hydrogens (tertiary/aromatic N) is 3. The second kappa shape index (κ2) is 10.1. The van der Waals surface area contributed by atoms with Gasteiger partial charge in [0.25, 0.3) is 5.91 Å². The average molecular weight is 456 g/mol. The summed E-state index contributed by atoms with van der Waals surface area (Å²) in [5, 5.41) is 4.77. The molecule has 3 aromatic rings. The van der Waals surface area contributed by atoms with Crippen LogP contribution in [-0.4, -0.2) is 54.2 Å². The monoisotopic (exact) mass is 455 g/mol. The van der Waals surface area contributed by atoms with Crippen molar-refractivity contribution in [2.24, 2.45) is 0 Å². The quantitative estimate of drug-likeness (QED) is 0.532. The van der Waals surface area contributed by atoms with Crippen LogP contribution >= 0.6 is 11.6 Å². The Morgan fingerprint density at radius 2 is 1.84 bits per heavy atom. The fraction of sp³-hybridized carbons (Fsp3) is 0.333. The van der Waals surface area contributed by atoms with Crippen molar-refractivity contribution in [1.29, 1.82) is 0 Å². The molecule has 1 aliphatic rings. The highest BCUT2D eigenvalue weighted by Gasteiger charge is 2.28. The Balaban J connectivity index is 1.38. The first-order chi connectivity index (χ1) is 15.5. The molecule has 168 valence electrons. The van der Waals surface area contributed by atoms with Gasteiger partial charge in [0, 0.05) is 37.7 Å². The number of ether oxygens (including phenoxy) is 2. The molecule has 7 nitrogen and oxygen atoms in total. The van der Waals surface area contributed by atoms with Crippen LogP contribution in [-0.2, 0) is 13.2 Å². The highest BCUT2D eigenvalue weighted by atomic mass is 35.5. The SMILES string of the molecule is COc1ccccc1OCc1c(C(=O)N2CCN(Cc3cccc(Cl)c3)CC2)noc1C. The lowest BCUT2D eigenvalue weighted by Crippen LogP contribution is -2.48. The smallest absolute Gasteiger partial charge is 0.276 e. The number of aromatic nitrogens is 1. The van der Waals surface area contributed by atoms with Crippen molar-refractivity contribution in [3.63, 3.8) is 0 Å². The third kappa shape index (κ3) is 5.06. The lowest BCUT2D eigenvalue weighted by molar-refractivity contribution is 0.0616. The number of hydrogen-bond acceptors (Lipinski definition) is 6. The zero-order valence-corrected chi connectivity index (χ0v) is 19.0. The molecule has 8 heteroatoms. The van der Waals surface area contributed by atoms with Crippen molar-refractivity contribution in [1.82, 2.24) is 15.0 Å². The zero-order valence-electron chi connectivity index (χ0n) is 18.2. The number of para-hydroxylation sites is 2. The third-order valence-corrected chi connectivity index (χ3v) is 5.82. The van der Waals surface area contributed by atoms with E-state index in [0.717, 1.165) is 24.7 Å². The first kappa shape index (κ1) is 22.2. The molecular formula is C24H26ClN3O4. The number of benzene rings is 2. The zero-order chi connectivity index (χ0) is 22.5. The molecule has 2 heterocycles. The number of carbonyl (C=O) groups is 1. The maximum atomic E-state index is 13.2. The average Bonchev–Trinajstić information content (AvgIpc) is 3.18. The van der Waals surface area contributed by atoms with Gasteiger partial charge in [0.2, 0.25) is 0 Å². The van der Waals surface area contributed by atoms with E-state index in [0.29, 0.717) is 41.6 Å². The van der Waals surface area contributed by atoms with E-state index in [1.807, 2.05) is 47.4 Å². The molecule has 1 amide bonds. The van der Waals surface area contributed by atoms with Crippen LogP contribution in [0.4, 0.5) is 0 Å². The van der Waals surface area contributed by atoms with Gasteiger partial charge >= 0.3 is 0 Å². The fourth-order valence-electron chi connectivity index (χ4n) is 3.77. The molecular weight excluding hydrogens is 430 g/mol. The molecule has 0 radical (unpaired) electrons. The predicted molar refractivity (Wildman–Crippen MR) is 121 cm³/mol. The van der Waals surface area contributed by atoms with Gasteiger partial charge in [0.15, 0.2) is 17.2 Å². The van der Waals surface area contributed by atoms with Crippen molar-refractivity contribution in [2.75, 3.05) is 33.3 Å². The summed E-state index contributed by atoms with van der Waals surface area (Å²) in [7, 11) is 1.59. The summed E-state index contributed by atoms with van der Waals surface area (Å²) in [5.41, 5.74) is 2.13. The standard InChI is InChI=1S/C24H26ClN3O4/c1-17-20(16-31-22-9-4-3-8-21(22)30-2)23(26-32-17)24(29)28-12-10-27(11-13-28)15-18-6-5-7-19(25)14-18/h3-9,14H,10-13,15-16H2,1-2H3. The molecule has 0 bridgehead atoms. The molecule has 4 rings (SSSR count). The Morgan fingerprint density at radius 3 is 2.56 bits per heavy atom. The second-order valence-corrected chi connectivity index (χ2v) is 8.14. The van der Waals surface area contributed by atoms with Crippen LogP contribution in [0.5, 0.6) is 11.5 Å². The van der Waals surface area contributed by atoms with Crippen molar-refractivity contribution in [3.8, 4) is 11.5 Å². The molecule has 2 aromatic carbocycles. The Hall–Kier alpha value is -3.03. The minimum Gasteiger partial charge on any atom is -0.493 e. The normalized spacial score (nSPS) is 14.4. The largest absolute Gasteiger partial charge is 0.493 e. The number of piperazine rings is 1. The van der Waals surface area contributed by atoms with Gasteiger partial charge in [0.05, 0.1) is 12.7 Å². The summed E-state index contributed by atoms with van der Waals surface area (Å²) >= 11 is 6.09. The maximum absolute atomic E-state index is 13.2. The van der Waals surface area contributed by atoms with Crippen LogP contribution in [0.15, 0.2) is 53.1 Å². The minimum absolute atomic E-state index is 0.136. The topological polar surface area (TPSA) is 68.0 Å². The summed E-state index contributed by atoms with van der Waals surface area (Å²) in [6.45, 7) is 5.57. The van der Waals surface area contributed by atoms with Gasteiger partial charge in [0.1, 0.15) is 12.4 Å². The van der Waals surface area contributed by atoms with Gasteiger partial charge in [-0.15, -0.1) is 0 Å². The van der Waals surface area contributed by atoms with Gasteiger partial charge < -0.3 is 18.9 Å². The number of methoxy groups -OCH3 is 1. The molecule has 1 saturated heterocycles. The molecule has 1 fully saturated rings. The Morgan fingerprint density at radius 1 is 1.09 bits per heavy atom. The minimum atomic E-state index is -0.136. The number of carbonyl (C=O) groups excluding carboxylic acids is 1. The Kier molecular flexibility index (Phi) is 6.97. The van der Waals surface area contributed by atoms with Crippen LogP contribution in [0.2, 0.25) is 5.02 Å². The molecule has 0 N–H and O–H groups in total. The van der Waals surface area contributed by atoms with Crippen LogP contribution in [0.3, 0.4) is 0 Å². The highest BCUT2D eigenvalue weighted by Crippen LogP contribution is 2.28. The summed E-state index contributed by atoms with van der Waals surface area (Å²) < 4.78 is 16.6. The van der Waals surface area contributed by atoms with Crippen molar-refractivity contribution < 1.29 is 18.8 Å². The van der Waals surface area contributed by atoms with E-state index >= 15 is 0 Å². The predicted octanol–water partition coefficient (Wildman–Crippen LogP) is 4.18. The van der Waals surface area contributed by atoms with Gasteiger partial charge in [-0.25, -0.2) is 0 Å². The van der Waals surface area contributed by atoms with E-state index in [1.165, 1.54) is 5.56 Å². The van der Waals surface area contributed by atoms with Crippen LogP contribution < -0.4 is 9.47 Å². The number of hydrogen-bond donors (Lipinski definition) is 0. The number of rotatable bonds is 7. The van der Waals surface area contributed by atoms with Crippen molar-refractivity contribution >= 4 is 17.5 Å². The number of halogens is 1. The second-order valence-electron chi connectivity index (χ2n) is 7.70. The Bertz CT molecular complexity index is 1080. The maximum Gasteiger partial charge on any atom is 0.276 e. The highest BCUT2D eigenvalue weighted by molar-refractivity contribution is 6.30. The molecule has 0 aliphatic carbocycles. The summed E-state index contributed by atoms with van der Waals surface area (Å²) in [6.07, 6.45) is 0. The molecule has 0 atom stereocenters. The van der Waals surface area contributed by atoms with E-state index in [9.17, 15) is 4.79 Å². The molecule has 32 heavy (non-hydrogen) atoms. The van der Waals surface area contributed by atoms with E-state index < -0.39 is 0 Å². The van der Waals surface area contributed by atoms with Gasteiger partial charge in [-0.05, 0) is 36.8 Å². The molecule has 1 aliphatic heterocycles. The Labute approximate surface area is 192 Å². The van der Waals surface area contributed by atoms with Gasteiger partial charge in [-0.2, -0.15) is 0 Å². The van der Waals surface area contributed by atoms with E-state index in [2.05, 4.69) is 16.1 Å². The first-order valence-corrected chi connectivity index (χ1v) is 10.9. The van der Waals surface area contributed by atoms with Crippen LogP contribution in [0.1, 0.15) is 27.4 Å². The summed E-state index contributed by atoms with van der Waals surface area (Å²) in [4.78, 5) is 17.3. The third-order valence-electron chi connectivity index (χ3n) is 5.58. The van der Waals surface area contributed by atoms with Crippen molar-refractivity contribution in [2.45, 2.75) is 20.1 Å². The molecule has 0 spiro atoms. The summed E-state index contributed by atoms with van der Waals surface area (Å²) in [6, 6.07) is 15.3.